The smallest absolute Gasteiger partial charge is 0.371 e. The summed E-state index contributed by atoms with van der Waals surface area (Å²) >= 11 is 0. The minimum absolute atomic E-state index is 0.0640. The summed E-state index contributed by atoms with van der Waals surface area (Å²) in [7, 11) is 0. The van der Waals surface area contributed by atoms with Gasteiger partial charge in [0.1, 0.15) is 5.76 Å². The van der Waals surface area contributed by atoms with Gasteiger partial charge in [-0.2, -0.15) is 0 Å². The topological polar surface area (TPSA) is 53.7 Å². The first-order valence-electron chi connectivity index (χ1n) is 7.72. The predicted octanol–water partition coefficient (Wildman–Crippen LogP) is 3.44. The third-order valence-corrected chi connectivity index (χ3v) is 4.96. The van der Waals surface area contributed by atoms with Crippen LogP contribution in [-0.4, -0.2) is 28.6 Å². The van der Waals surface area contributed by atoms with Crippen LogP contribution in [0.4, 0.5) is 0 Å². The second-order valence-electron chi connectivity index (χ2n) is 6.22. The molecule has 1 saturated carbocycles. The number of furan rings is 1. The number of rotatable bonds is 4. The molecule has 1 aliphatic heterocycles. The number of aryl methyl sites for hydroxylation is 1. The van der Waals surface area contributed by atoms with E-state index in [1.807, 2.05) is 6.92 Å². The molecule has 1 aromatic heterocycles. The van der Waals surface area contributed by atoms with Crippen LogP contribution in [0.25, 0.3) is 0 Å². The van der Waals surface area contributed by atoms with Crippen LogP contribution in [0.3, 0.4) is 0 Å². The maximum absolute atomic E-state index is 11.0. The normalized spacial score (nSPS) is 24.6. The van der Waals surface area contributed by atoms with E-state index in [2.05, 4.69) is 4.90 Å². The molecule has 4 nitrogen and oxygen atoms in total. The SMILES string of the molecule is Cc1oc(C(=O)O)cc1CN1CCCC1C1CCCC1. The van der Waals surface area contributed by atoms with Gasteiger partial charge in [0, 0.05) is 18.2 Å². The van der Waals surface area contributed by atoms with Crippen molar-refractivity contribution in [1.29, 1.82) is 0 Å². The van der Waals surface area contributed by atoms with Gasteiger partial charge in [-0.05, 0) is 51.1 Å². The van der Waals surface area contributed by atoms with Crippen LogP contribution < -0.4 is 0 Å². The molecule has 2 fully saturated rings. The quantitative estimate of drug-likeness (QED) is 0.916. The Balaban J connectivity index is 1.71. The van der Waals surface area contributed by atoms with E-state index in [1.165, 1.54) is 38.5 Å². The largest absolute Gasteiger partial charge is 0.475 e. The van der Waals surface area contributed by atoms with Gasteiger partial charge in [0.15, 0.2) is 0 Å². The summed E-state index contributed by atoms with van der Waals surface area (Å²) in [4.78, 5) is 13.5. The molecule has 2 heterocycles. The lowest BCUT2D eigenvalue weighted by Gasteiger charge is -2.29. The fraction of sp³-hybridized carbons (Fsp3) is 0.688. The number of carboxylic acid groups (broad SMARTS) is 1. The van der Waals surface area contributed by atoms with Crippen LogP contribution in [0.15, 0.2) is 10.5 Å². The van der Waals surface area contributed by atoms with Gasteiger partial charge in [0.2, 0.25) is 5.76 Å². The Morgan fingerprint density at radius 2 is 2.10 bits per heavy atom. The van der Waals surface area contributed by atoms with E-state index < -0.39 is 5.97 Å². The predicted molar refractivity (Wildman–Crippen MR) is 75.8 cm³/mol. The van der Waals surface area contributed by atoms with Crippen molar-refractivity contribution in [3.63, 3.8) is 0 Å². The first kappa shape index (κ1) is 13.7. The summed E-state index contributed by atoms with van der Waals surface area (Å²) in [6.45, 7) is 3.83. The standard InChI is InChI=1S/C16H23NO3/c1-11-13(9-15(20-11)16(18)19)10-17-8-4-7-14(17)12-5-2-3-6-12/h9,12,14H,2-8,10H2,1H3,(H,18,19). The molecule has 1 saturated heterocycles. The number of hydrogen-bond acceptors (Lipinski definition) is 3. The number of aromatic carboxylic acids is 1. The summed E-state index contributed by atoms with van der Waals surface area (Å²) in [6, 6.07) is 2.39. The number of likely N-dealkylation sites (tertiary alicyclic amines) is 1. The zero-order valence-corrected chi connectivity index (χ0v) is 12.1. The molecule has 2 aliphatic rings. The summed E-state index contributed by atoms with van der Waals surface area (Å²) in [5.74, 6) is 0.686. The van der Waals surface area contributed by atoms with Crippen LogP contribution in [0.1, 0.15) is 60.4 Å². The lowest BCUT2D eigenvalue weighted by molar-refractivity contribution is 0.0661. The highest BCUT2D eigenvalue weighted by atomic mass is 16.4. The molecule has 0 bridgehead atoms. The molecule has 3 rings (SSSR count). The zero-order chi connectivity index (χ0) is 14.1. The van der Waals surface area contributed by atoms with Crippen molar-refractivity contribution in [3.05, 3.63) is 23.2 Å². The molecular formula is C16H23NO3. The summed E-state index contributed by atoms with van der Waals surface area (Å²) in [5, 5.41) is 9.00. The van der Waals surface area contributed by atoms with Gasteiger partial charge in [0.05, 0.1) is 0 Å². The highest BCUT2D eigenvalue weighted by Gasteiger charge is 2.33. The van der Waals surface area contributed by atoms with Crippen molar-refractivity contribution >= 4 is 5.97 Å². The van der Waals surface area contributed by atoms with Crippen molar-refractivity contribution in [2.75, 3.05) is 6.54 Å². The maximum atomic E-state index is 11.0. The lowest BCUT2D eigenvalue weighted by Crippen LogP contribution is -2.34. The average molecular weight is 277 g/mol. The number of carbonyl (C=O) groups is 1. The molecular weight excluding hydrogens is 254 g/mol. The van der Waals surface area contributed by atoms with Gasteiger partial charge in [0.25, 0.3) is 0 Å². The first-order chi connectivity index (χ1) is 9.65. The maximum Gasteiger partial charge on any atom is 0.371 e. The van der Waals surface area contributed by atoms with Gasteiger partial charge in [-0.25, -0.2) is 4.79 Å². The molecule has 1 atom stereocenters. The van der Waals surface area contributed by atoms with Crippen LogP contribution >= 0.6 is 0 Å². The van der Waals surface area contributed by atoms with Gasteiger partial charge in [-0.1, -0.05) is 12.8 Å². The van der Waals surface area contributed by atoms with E-state index in [0.29, 0.717) is 6.04 Å². The summed E-state index contributed by atoms with van der Waals surface area (Å²) in [5.41, 5.74) is 1.03. The Morgan fingerprint density at radius 1 is 1.35 bits per heavy atom. The second kappa shape index (κ2) is 5.60. The molecule has 1 aromatic rings. The lowest BCUT2D eigenvalue weighted by atomic mass is 9.96. The van der Waals surface area contributed by atoms with E-state index in [-0.39, 0.29) is 5.76 Å². The molecule has 1 aliphatic carbocycles. The number of carboxylic acids is 1. The van der Waals surface area contributed by atoms with Crippen molar-refractivity contribution < 1.29 is 14.3 Å². The van der Waals surface area contributed by atoms with E-state index in [1.54, 1.807) is 6.07 Å². The van der Waals surface area contributed by atoms with E-state index in [9.17, 15) is 4.79 Å². The summed E-state index contributed by atoms with van der Waals surface area (Å²) in [6.07, 6.45) is 8.06. The highest BCUT2D eigenvalue weighted by Crippen LogP contribution is 2.36. The minimum atomic E-state index is -0.979. The molecule has 1 unspecified atom stereocenters. The van der Waals surface area contributed by atoms with Crippen LogP contribution in [-0.2, 0) is 6.54 Å². The minimum Gasteiger partial charge on any atom is -0.475 e. The van der Waals surface area contributed by atoms with Gasteiger partial charge in [-0.15, -0.1) is 0 Å². The van der Waals surface area contributed by atoms with Crippen molar-refractivity contribution in [2.45, 2.75) is 58.0 Å². The first-order valence-corrected chi connectivity index (χ1v) is 7.72. The third-order valence-electron chi connectivity index (χ3n) is 4.96. The Labute approximate surface area is 119 Å². The fourth-order valence-corrected chi connectivity index (χ4v) is 3.93. The average Bonchev–Trinajstić information content (AvgIpc) is 3.11. The van der Waals surface area contributed by atoms with Gasteiger partial charge < -0.3 is 9.52 Å². The fourth-order valence-electron chi connectivity index (χ4n) is 3.93. The third kappa shape index (κ3) is 2.62. The number of nitrogens with zero attached hydrogens (tertiary/aromatic N) is 1. The number of hydrogen-bond donors (Lipinski definition) is 1. The van der Waals surface area contributed by atoms with Crippen LogP contribution in [0.2, 0.25) is 0 Å². The van der Waals surface area contributed by atoms with Crippen LogP contribution in [0, 0.1) is 12.8 Å². The Kier molecular flexibility index (Phi) is 3.83. The summed E-state index contributed by atoms with van der Waals surface area (Å²) < 4.78 is 5.32. The van der Waals surface area contributed by atoms with Gasteiger partial charge >= 0.3 is 5.97 Å². The monoisotopic (exact) mass is 277 g/mol. The van der Waals surface area contributed by atoms with E-state index in [0.717, 1.165) is 30.3 Å². The van der Waals surface area contributed by atoms with Crippen molar-refractivity contribution in [2.24, 2.45) is 5.92 Å². The molecule has 0 amide bonds. The highest BCUT2D eigenvalue weighted by molar-refractivity contribution is 5.84. The Bertz CT molecular complexity index is 488. The molecule has 0 spiro atoms. The molecule has 0 radical (unpaired) electrons. The zero-order valence-electron chi connectivity index (χ0n) is 12.1. The van der Waals surface area contributed by atoms with Crippen molar-refractivity contribution in [3.8, 4) is 0 Å². The van der Waals surface area contributed by atoms with E-state index >= 15 is 0 Å². The Hall–Kier alpha value is -1.29. The second-order valence-corrected chi connectivity index (χ2v) is 6.22. The molecule has 110 valence electrons. The molecule has 4 heteroatoms. The van der Waals surface area contributed by atoms with E-state index in [4.69, 9.17) is 9.52 Å². The van der Waals surface area contributed by atoms with Crippen molar-refractivity contribution in [1.82, 2.24) is 4.90 Å². The molecule has 1 N–H and O–H groups in total. The van der Waals surface area contributed by atoms with Crippen LogP contribution in [0.5, 0.6) is 0 Å². The van der Waals surface area contributed by atoms with Gasteiger partial charge in [-0.3, -0.25) is 4.90 Å². The Morgan fingerprint density at radius 3 is 2.75 bits per heavy atom. The molecule has 20 heavy (non-hydrogen) atoms. The molecule has 0 aromatic carbocycles.